The molecule has 0 radical (unpaired) electrons. The van der Waals surface area contributed by atoms with Crippen molar-refractivity contribution in [2.45, 2.75) is 24.9 Å². The van der Waals surface area contributed by atoms with Gasteiger partial charge >= 0.3 is 0 Å². The summed E-state index contributed by atoms with van der Waals surface area (Å²) < 4.78 is 7.26. The number of hydrogen-bond acceptors (Lipinski definition) is 4. The molecule has 3 heterocycles. The number of hydrogen-bond donors (Lipinski definition) is 0. The zero-order valence-electron chi connectivity index (χ0n) is 10.9. The minimum Gasteiger partial charge on any atom is -0.378 e. The lowest BCUT2D eigenvalue weighted by Crippen LogP contribution is -2.55. The van der Waals surface area contributed by atoms with Crippen LogP contribution in [0.1, 0.15) is 23.2 Å². The lowest BCUT2D eigenvalue weighted by molar-refractivity contribution is -0.0702. The number of aryl methyl sites for hydroxylation is 1. The van der Waals surface area contributed by atoms with Crippen molar-refractivity contribution in [3.05, 3.63) is 18.0 Å². The van der Waals surface area contributed by atoms with E-state index in [0.717, 1.165) is 31.6 Å². The van der Waals surface area contributed by atoms with Crippen LogP contribution in [0.4, 0.5) is 0 Å². The number of rotatable bonds is 2. The number of carbonyl (C=O) groups is 1. The Morgan fingerprint density at radius 3 is 2.56 bits per heavy atom. The third-order valence-electron chi connectivity index (χ3n) is 4.25. The van der Waals surface area contributed by atoms with Crippen molar-refractivity contribution in [3.63, 3.8) is 0 Å². The maximum absolute atomic E-state index is 12.4. The summed E-state index contributed by atoms with van der Waals surface area (Å²) in [6.07, 6.45) is 5.29. The van der Waals surface area contributed by atoms with Crippen LogP contribution in [0.5, 0.6) is 0 Å². The quantitative estimate of drug-likeness (QED) is 0.724. The van der Waals surface area contributed by atoms with E-state index in [2.05, 4.69) is 17.0 Å². The van der Waals surface area contributed by atoms with Crippen LogP contribution >= 0.6 is 0 Å². The Morgan fingerprint density at radius 1 is 1.33 bits per heavy atom. The molecule has 0 aliphatic carbocycles. The molecule has 2 fully saturated rings. The number of ketones is 1. The molecule has 5 nitrogen and oxygen atoms in total. The number of aromatic nitrogens is 2. The SMILES string of the molecule is CN1C2COCC1CC(C(=O)c1cnn(C)c1)C2. The number of morpholine rings is 1. The standard InChI is InChI=1S/C13H19N3O2/c1-15-6-10(5-14-15)13(17)9-3-11-7-18-8-12(4-9)16(11)2/h5-6,9,11-12H,3-4,7-8H2,1-2H3. The number of Topliss-reactive ketones (excluding diaryl/α,β-unsaturated/α-hetero) is 1. The largest absolute Gasteiger partial charge is 0.378 e. The van der Waals surface area contributed by atoms with E-state index in [-0.39, 0.29) is 11.7 Å². The zero-order valence-corrected chi connectivity index (χ0v) is 10.9. The van der Waals surface area contributed by atoms with Crippen LogP contribution in [0.3, 0.4) is 0 Å². The van der Waals surface area contributed by atoms with Gasteiger partial charge in [0.2, 0.25) is 0 Å². The number of piperidine rings is 1. The molecule has 2 unspecified atom stereocenters. The van der Waals surface area contributed by atoms with Gasteiger partial charge in [-0.1, -0.05) is 0 Å². The molecule has 18 heavy (non-hydrogen) atoms. The van der Waals surface area contributed by atoms with E-state index >= 15 is 0 Å². The lowest BCUT2D eigenvalue weighted by Gasteiger charge is -2.46. The molecule has 2 bridgehead atoms. The monoisotopic (exact) mass is 249 g/mol. The van der Waals surface area contributed by atoms with Gasteiger partial charge in [-0.05, 0) is 19.9 Å². The third-order valence-corrected chi connectivity index (χ3v) is 4.25. The third kappa shape index (κ3) is 1.97. The van der Waals surface area contributed by atoms with Gasteiger partial charge in [0.15, 0.2) is 5.78 Å². The number of nitrogens with zero attached hydrogens (tertiary/aromatic N) is 3. The minimum atomic E-state index is 0.129. The van der Waals surface area contributed by atoms with E-state index in [0.29, 0.717) is 12.1 Å². The van der Waals surface area contributed by atoms with Crippen LogP contribution in [0.2, 0.25) is 0 Å². The average Bonchev–Trinajstić information content (AvgIpc) is 2.74. The predicted molar refractivity (Wildman–Crippen MR) is 66.4 cm³/mol. The van der Waals surface area contributed by atoms with Gasteiger partial charge in [-0.25, -0.2) is 0 Å². The van der Waals surface area contributed by atoms with Crippen molar-refractivity contribution in [1.82, 2.24) is 14.7 Å². The van der Waals surface area contributed by atoms with Gasteiger partial charge in [-0.3, -0.25) is 14.4 Å². The fraction of sp³-hybridized carbons (Fsp3) is 0.692. The molecule has 1 aromatic heterocycles. The summed E-state index contributed by atoms with van der Waals surface area (Å²) in [5.41, 5.74) is 0.742. The highest BCUT2D eigenvalue weighted by molar-refractivity contribution is 5.97. The van der Waals surface area contributed by atoms with Crippen LogP contribution in [0.25, 0.3) is 0 Å². The second-order valence-electron chi connectivity index (χ2n) is 5.45. The number of ether oxygens (including phenoxy) is 1. The fourth-order valence-electron chi connectivity index (χ4n) is 3.09. The molecule has 2 aliphatic heterocycles. The normalized spacial score (nSPS) is 32.4. The number of carbonyl (C=O) groups excluding carboxylic acids is 1. The summed E-state index contributed by atoms with van der Waals surface area (Å²) in [4.78, 5) is 14.8. The highest BCUT2D eigenvalue weighted by atomic mass is 16.5. The van der Waals surface area contributed by atoms with E-state index in [9.17, 15) is 4.79 Å². The molecule has 98 valence electrons. The van der Waals surface area contributed by atoms with Crippen LogP contribution in [0.15, 0.2) is 12.4 Å². The molecule has 1 aromatic rings. The second-order valence-corrected chi connectivity index (χ2v) is 5.45. The Labute approximate surface area is 107 Å². The first kappa shape index (κ1) is 11.9. The number of likely N-dealkylation sites (N-methyl/N-ethyl adjacent to an activating group) is 1. The molecular weight excluding hydrogens is 230 g/mol. The molecule has 0 spiro atoms. The molecule has 0 aromatic carbocycles. The zero-order chi connectivity index (χ0) is 12.7. The van der Waals surface area contributed by atoms with E-state index in [4.69, 9.17) is 4.74 Å². The summed E-state index contributed by atoms with van der Waals surface area (Å²) in [5.74, 6) is 0.373. The molecule has 0 amide bonds. The first-order chi connectivity index (χ1) is 8.65. The molecule has 5 heteroatoms. The van der Waals surface area contributed by atoms with Gasteiger partial charge in [0.05, 0.1) is 25.0 Å². The molecule has 3 rings (SSSR count). The van der Waals surface area contributed by atoms with Crippen molar-refractivity contribution in [2.24, 2.45) is 13.0 Å². The smallest absolute Gasteiger partial charge is 0.169 e. The van der Waals surface area contributed by atoms with Crippen LogP contribution in [-0.4, -0.2) is 52.8 Å². The van der Waals surface area contributed by atoms with Crippen molar-refractivity contribution >= 4 is 5.78 Å². The number of fused-ring (bicyclic) bond motifs is 2. The van der Waals surface area contributed by atoms with Crippen molar-refractivity contribution in [3.8, 4) is 0 Å². The highest BCUT2D eigenvalue weighted by Gasteiger charge is 2.39. The van der Waals surface area contributed by atoms with E-state index in [1.807, 2.05) is 13.2 Å². The van der Waals surface area contributed by atoms with E-state index < -0.39 is 0 Å². The fourth-order valence-corrected chi connectivity index (χ4v) is 3.09. The van der Waals surface area contributed by atoms with Gasteiger partial charge in [0.1, 0.15) is 0 Å². The molecular formula is C13H19N3O2. The lowest BCUT2D eigenvalue weighted by atomic mass is 9.81. The highest BCUT2D eigenvalue weighted by Crippen LogP contribution is 2.32. The van der Waals surface area contributed by atoms with E-state index in [1.54, 1.807) is 10.9 Å². The molecule has 2 aliphatic rings. The maximum atomic E-state index is 12.4. The van der Waals surface area contributed by atoms with Gasteiger partial charge in [-0.2, -0.15) is 5.10 Å². The topological polar surface area (TPSA) is 47.4 Å². The van der Waals surface area contributed by atoms with Crippen molar-refractivity contribution < 1.29 is 9.53 Å². The van der Waals surface area contributed by atoms with Crippen LogP contribution < -0.4 is 0 Å². The summed E-state index contributed by atoms with van der Waals surface area (Å²) in [5, 5.41) is 4.08. The van der Waals surface area contributed by atoms with Gasteiger partial charge in [0.25, 0.3) is 0 Å². The average molecular weight is 249 g/mol. The molecule has 0 N–H and O–H groups in total. The molecule has 2 atom stereocenters. The Balaban J connectivity index is 1.76. The Morgan fingerprint density at radius 2 is 2.00 bits per heavy atom. The van der Waals surface area contributed by atoms with Crippen molar-refractivity contribution in [1.29, 1.82) is 0 Å². The first-order valence-electron chi connectivity index (χ1n) is 6.47. The van der Waals surface area contributed by atoms with Crippen molar-refractivity contribution in [2.75, 3.05) is 20.3 Å². The summed E-state index contributed by atoms with van der Waals surface area (Å²) in [6, 6.07) is 0.784. The minimum absolute atomic E-state index is 0.129. The molecule has 2 saturated heterocycles. The Hall–Kier alpha value is -1.20. The van der Waals surface area contributed by atoms with E-state index in [1.165, 1.54) is 0 Å². The van der Waals surface area contributed by atoms with Gasteiger partial charge in [-0.15, -0.1) is 0 Å². The van der Waals surface area contributed by atoms with Gasteiger partial charge < -0.3 is 4.74 Å². The maximum Gasteiger partial charge on any atom is 0.169 e. The second kappa shape index (κ2) is 4.48. The van der Waals surface area contributed by atoms with Gasteiger partial charge in [0, 0.05) is 31.2 Å². The first-order valence-corrected chi connectivity index (χ1v) is 6.47. The summed E-state index contributed by atoms with van der Waals surface area (Å²) in [7, 11) is 3.98. The van der Waals surface area contributed by atoms with Crippen LogP contribution in [-0.2, 0) is 11.8 Å². The van der Waals surface area contributed by atoms with Crippen LogP contribution in [0, 0.1) is 5.92 Å². The Bertz CT molecular complexity index is 443. The summed E-state index contributed by atoms with van der Waals surface area (Å²) >= 11 is 0. The summed E-state index contributed by atoms with van der Waals surface area (Å²) in [6.45, 7) is 1.51. The predicted octanol–water partition coefficient (Wildman–Crippen LogP) is 0.712. The molecule has 0 saturated carbocycles. The Kier molecular flexibility index (Phi) is 2.95.